The second-order valence-corrected chi connectivity index (χ2v) is 7.87. The number of fused-ring (bicyclic) bond motifs is 2. The quantitative estimate of drug-likeness (QED) is 0.891. The first-order valence-electron chi connectivity index (χ1n) is 7.00. The summed E-state index contributed by atoms with van der Waals surface area (Å²) in [6.45, 7) is 3.51. The molecule has 4 nitrogen and oxygen atoms in total. The smallest absolute Gasteiger partial charge is 0.243 e. The monoisotopic (exact) mass is 350 g/mol. The topological polar surface area (TPSA) is 49.4 Å². The van der Waals surface area contributed by atoms with Gasteiger partial charge in [0.05, 0.1) is 4.90 Å². The fourth-order valence-electron chi connectivity index (χ4n) is 3.19. The summed E-state index contributed by atoms with van der Waals surface area (Å²) < 4.78 is 27.5. The van der Waals surface area contributed by atoms with E-state index >= 15 is 0 Å². The van der Waals surface area contributed by atoms with Crippen molar-refractivity contribution in [2.24, 2.45) is 0 Å². The van der Waals surface area contributed by atoms with Crippen LogP contribution in [0.4, 0.5) is 0 Å². The second kappa shape index (κ2) is 6.42. The minimum atomic E-state index is -3.45. The molecule has 21 heavy (non-hydrogen) atoms. The average molecular weight is 351 g/mol. The third kappa shape index (κ3) is 3.08. The van der Waals surface area contributed by atoms with E-state index < -0.39 is 10.0 Å². The Labute approximate surface area is 137 Å². The van der Waals surface area contributed by atoms with Gasteiger partial charge in [0.1, 0.15) is 0 Å². The molecule has 2 aliphatic heterocycles. The molecule has 3 rings (SSSR count). The van der Waals surface area contributed by atoms with Crippen molar-refractivity contribution in [1.29, 1.82) is 0 Å². The predicted octanol–water partition coefficient (Wildman–Crippen LogP) is 2.59. The summed E-state index contributed by atoms with van der Waals surface area (Å²) in [5, 5.41) is 3.83. The zero-order valence-electron chi connectivity index (χ0n) is 11.9. The largest absolute Gasteiger partial charge is 0.315 e. The van der Waals surface area contributed by atoms with Crippen molar-refractivity contribution in [3.63, 3.8) is 0 Å². The zero-order chi connectivity index (χ0) is 14.3. The first-order chi connectivity index (χ1) is 9.50. The van der Waals surface area contributed by atoms with Crippen molar-refractivity contribution in [3.8, 4) is 0 Å². The molecular weight excluding hydrogens is 331 g/mol. The molecule has 2 fully saturated rings. The zero-order valence-corrected chi connectivity index (χ0v) is 14.3. The fourth-order valence-corrected chi connectivity index (χ4v) is 5.36. The van der Waals surface area contributed by atoms with Crippen molar-refractivity contribution in [1.82, 2.24) is 9.62 Å². The maximum Gasteiger partial charge on any atom is 0.243 e. The lowest BCUT2D eigenvalue weighted by Crippen LogP contribution is -2.42. The average Bonchev–Trinajstić information content (AvgIpc) is 2.66. The number of hydrogen-bond acceptors (Lipinski definition) is 3. The van der Waals surface area contributed by atoms with Gasteiger partial charge < -0.3 is 5.32 Å². The summed E-state index contributed by atoms with van der Waals surface area (Å²) in [5.41, 5.74) is 0.895. The Morgan fingerprint density at radius 2 is 1.95 bits per heavy atom. The lowest BCUT2D eigenvalue weighted by molar-refractivity contribution is 0.334. The summed E-state index contributed by atoms with van der Waals surface area (Å²) in [6.07, 6.45) is 2.79. The van der Waals surface area contributed by atoms with E-state index in [0.29, 0.717) is 9.92 Å². The molecule has 2 bridgehead atoms. The highest BCUT2D eigenvalue weighted by Crippen LogP contribution is 2.34. The van der Waals surface area contributed by atoms with Crippen molar-refractivity contribution in [3.05, 3.63) is 28.8 Å². The van der Waals surface area contributed by atoms with Crippen LogP contribution in [0, 0.1) is 6.92 Å². The maximum atomic E-state index is 12.9. The molecule has 0 amide bonds. The van der Waals surface area contributed by atoms with Crippen LogP contribution in [-0.4, -0.2) is 37.9 Å². The van der Waals surface area contributed by atoms with Crippen LogP contribution in [0.5, 0.6) is 0 Å². The lowest BCUT2D eigenvalue weighted by atomic mass is 10.1. The molecule has 2 aliphatic rings. The summed E-state index contributed by atoms with van der Waals surface area (Å²) >= 11 is 6.08. The lowest BCUT2D eigenvalue weighted by Gasteiger charge is -2.27. The van der Waals surface area contributed by atoms with E-state index in [9.17, 15) is 8.42 Å². The van der Waals surface area contributed by atoms with Crippen molar-refractivity contribution in [2.75, 3.05) is 13.1 Å². The van der Waals surface area contributed by atoms with Gasteiger partial charge in [-0.3, -0.25) is 0 Å². The molecule has 0 aliphatic carbocycles. The van der Waals surface area contributed by atoms with E-state index in [2.05, 4.69) is 5.32 Å². The van der Waals surface area contributed by atoms with Crippen LogP contribution in [0.2, 0.25) is 5.02 Å². The van der Waals surface area contributed by atoms with E-state index in [-0.39, 0.29) is 24.5 Å². The third-order valence-corrected chi connectivity index (χ3v) is 6.71. The summed E-state index contributed by atoms with van der Waals surface area (Å²) in [6, 6.07) is 5.21. The van der Waals surface area contributed by atoms with Gasteiger partial charge in [-0.15, -0.1) is 12.4 Å². The van der Waals surface area contributed by atoms with E-state index in [1.165, 1.54) is 0 Å². The van der Waals surface area contributed by atoms with Gasteiger partial charge in [0.2, 0.25) is 10.0 Å². The summed E-state index contributed by atoms with van der Waals surface area (Å²) in [5.74, 6) is 0. The van der Waals surface area contributed by atoms with E-state index in [1.54, 1.807) is 22.5 Å². The Morgan fingerprint density at radius 1 is 1.24 bits per heavy atom. The Balaban J connectivity index is 0.00000161. The SMILES string of the molecule is Cc1ccc(S(=O)(=O)N2C3CCNCC2CC3)cc1Cl.Cl. The van der Waals surface area contributed by atoms with Gasteiger partial charge in [-0.1, -0.05) is 17.7 Å². The highest BCUT2D eigenvalue weighted by atomic mass is 35.5. The van der Waals surface area contributed by atoms with E-state index in [1.807, 2.05) is 6.92 Å². The van der Waals surface area contributed by atoms with E-state index in [4.69, 9.17) is 11.6 Å². The molecule has 2 unspecified atom stereocenters. The van der Waals surface area contributed by atoms with E-state index in [0.717, 1.165) is 37.9 Å². The molecule has 1 aromatic rings. The molecule has 2 heterocycles. The van der Waals surface area contributed by atoms with Crippen molar-refractivity contribution >= 4 is 34.0 Å². The standard InChI is InChI=1S/C14H19ClN2O2S.ClH/c1-10-2-5-13(8-14(10)15)20(18,19)17-11-3-4-12(17)9-16-7-6-11;/h2,5,8,11-12,16H,3-4,6-7,9H2,1H3;1H. The first-order valence-corrected chi connectivity index (χ1v) is 8.82. The molecule has 1 aromatic carbocycles. The number of rotatable bonds is 2. The third-order valence-electron chi connectivity index (χ3n) is 4.31. The maximum absolute atomic E-state index is 12.9. The molecule has 7 heteroatoms. The summed E-state index contributed by atoms with van der Waals surface area (Å²) in [4.78, 5) is 0.312. The van der Waals surface area contributed by atoms with Crippen LogP contribution in [0.1, 0.15) is 24.8 Å². The van der Waals surface area contributed by atoms with Gasteiger partial charge in [-0.25, -0.2) is 8.42 Å². The van der Waals surface area contributed by atoms with Gasteiger partial charge in [0, 0.05) is 23.7 Å². The molecule has 2 atom stereocenters. The van der Waals surface area contributed by atoms with Crippen molar-refractivity contribution in [2.45, 2.75) is 43.2 Å². The Hall–Kier alpha value is -0.330. The van der Waals surface area contributed by atoms with Gasteiger partial charge in [-0.05, 0) is 50.4 Å². The summed E-state index contributed by atoms with van der Waals surface area (Å²) in [7, 11) is -3.45. The van der Waals surface area contributed by atoms with Gasteiger partial charge in [-0.2, -0.15) is 4.31 Å². The fraction of sp³-hybridized carbons (Fsp3) is 0.571. The molecule has 0 saturated carbocycles. The number of benzene rings is 1. The van der Waals surface area contributed by atoms with Crippen LogP contribution >= 0.6 is 24.0 Å². The van der Waals surface area contributed by atoms with Crippen LogP contribution in [0.15, 0.2) is 23.1 Å². The highest BCUT2D eigenvalue weighted by molar-refractivity contribution is 7.89. The first kappa shape index (κ1) is 17.0. The highest BCUT2D eigenvalue weighted by Gasteiger charge is 2.42. The Kier molecular flexibility index (Phi) is 5.21. The Bertz CT molecular complexity index is 607. The molecule has 118 valence electrons. The second-order valence-electron chi connectivity index (χ2n) is 5.62. The minimum Gasteiger partial charge on any atom is -0.315 e. The number of nitrogens with one attached hydrogen (secondary N) is 1. The number of hydrogen-bond donors (Lipinski definition) is 1. The van der Waals surface area contributed by atoms with Gasteiger partial charge in [0.15, 0.2) is 0 Å². The van der Waals surface area contributed by atoms with Crippen molar-refractivity contribution < 1.29 is 8.42 Å². The molecular formula is C14H20Cl2N2O2S. The van der Waals surface area contributed by atoms with Gasteiger partial charge in [0.25, 0.3) is 0 Å². The molecule has 0 spiro atoms. The minimum absolute atomic E-state index is 0. The van der Waals surface area contributed by atoms with Gasteiger partial charge >= 0.3 is 0 Å². The van der Waals surface area contributed by atoms with Crippen LogP contribution in [0.3, 0.4) is 0 Å². The number of sulfonamides is 1. The van der Waals surface area contributed by atoms with Crippen LogP contribution in [0.25, 0.3) is 0 Å². The Morgan fingerprint density at radius 3 is 2.67 bits per heavy atom. The number of halogens is 2. The van der Waals surface area contributed by atoms with Crippen LogP contribution < -0.4 is 5.32 Å². The molecule has 1 N–H and O–H groups in total. The molecule has 0 radical (unpaired) electrons. The molecule has 2 saturated heterocycles. The predicted molar refractivity (Wildman–Crippen MR) is 86.8 cm³/mol. The van der Waals surface area contributed by atoms with Crippen LogP contribution in [-0.2, 0) is 10.0 Å². The normalized spacial score (nSPS) is 26.2. The number of aryl methyl sites for hydroxylation is 1. The molecule has 0 aromatic heterocycles. The number of nitrogens with zero attached hydrogens (tertiary/aromatic N) is 1.